The van der Waals surface area contributed by atoms with Gasteiger partial charge in [0, 0.05) is 17.5 Å². The van der Waals surface area contributed by atoms with E-state index >= 15 is 0 Å². The molecular formula is C16H11F5N2O5S. The van der Waals surface area contributed by atoms with E-state index in [4.69, 9.17) is 10.2 Å². The van der Waals surface area contributed by atoms with Crippen LogP contribution in [0.25, 0.3) is 0 Å². The maximum absolute atomic E-state index is 13.7. The molecule has 0 aliphatic heterocycles. The van der Waals surface area contributed by atoms with Gasteiger partial charge in [-0.15, -0.1) is 0 Å². The highest BCUT2D eigenvalue weighted by Gasteiger charge is 2.30. The first kappa shape index (κ1) is 22.2. The van der Waals surface area contributed by atoms with E-state index in [-0.39, 0.29) is 10.5 Å². The lowest BCUT2D eigenvalue weighted by Gasteiger charge is -2.16. The molecule has 2 aromatic rings. The number of benzene rings is 2. The van der Waals surface area contributed by atoms with Crippen molar-refractivity contribution in [3.63, 3.8) is 0 Å². The first-order valence-electron chi connectivity index (χ1n) is 7.51. The molecule has 0 saturated carbocycles. The summed E-state index contributed by atoms with van der Waals surface area (Å²) in [5.74, 6) is -14.3. The van der Waals surface area contributed by atoms with E-state index in [9.17, 15) is 40.0 Å². The molecular weight excluding hydrogens is 427 g/mol. The third-order valence-electron chi connectivity index (χ3n) is 3.76. The summed E-state index contributed by atoms with van der Waals surface area (Å²) in [5, 5.41) is 15.9. The molecule has 1 atom stereocenters. The van der Waals surface area contributed by atoms with Gasteiger partial charge in [-0.2, -0.15) is 0 Å². The minimum atomic E-state index is -4.05. The van der Waals surface area contributed by atoms with Crippen LogP contribution in [-0.4, -0.2) is 31.4 Å². The Morgan fingerprint density at radius 1 is 0.931 bits per heavy atom. The van der Waals surface area contributed by atoms with Crippen LogP contribution in [0.3, 0.4) is 0 Å². The van der Waals surface area contributed by atoms with Crippen molar-refractivity contribution in [1.82, 2.24) is 5.32 Å². The van der Waals surface area contributed by atoms with E-state index in [1.807, 2.05) is 5.32 Å². The number of carboxylic acid groups (broad SMARTS) is 1. The summed E-state index contributed by atoms with van der Waals surface area (Å²) in [4.78, 5) is 23.1. The number of carbonyl (C=O) groups is 2. The van der Waals surface area contributed by atoms with Gasteiger partial charge in [0.15, 0.2) is 23.3 Å². The molecule has 0 bridgehead atoms. The van der Waals surface area contributed by atoms with Gasteiger partial charge in [0.25, 0.3) is 5.91 Å². The van der Waals surface area contributed by atoms with Crippen LogP contribution in [0.1, 0.15) is 15.9 Å². The lowest BCUT2D eigenvalue weighted by Crippen LogP contribution is -2.42. The quantitative estimate of drug-likeness (QED) is 0.358. The zero-order valence-corrected chi connectivity index (χ0v) is 14.9. The number of rotatable bonds is 6. The highest BCUT2D eigenvalue weighted by molar-refractivity contribution is 7.89. The van der Waals surface area contributed by atoms with Crippen molar-refractivity contribution in [2.45, 2.75) is 17.4 Å². The SMILES string of the molecule is NS(=O)(=O)c1ccc(C(=O)NC(Cc2c(F)c(F)c(F)c(F)c2F)C(=O)O)cc1. The van der Waals surface area contributed by atoms with Gasteiger partial charge < -0.3 is 10.4 Å². The number of nitrogens with one attached hydrogen (secondary N) is 1. The molecule has 0 aliphatic carbocycles. The normalized spacial score (nSPS) is 12.5. The number of sulfonamides is 1. The van der Waals surface area contributed by atoms with Gasteiger partial charge in [0.1, 0.15) is 6.04 Å². The second-order valence-electron chi connectivity index (χ2n) is 5.69. The van der Waals surface area contributed by atoms with E-state index in [0.29, 0.717) is 0 Å². The molecule has 13 heteroatoms. The van der Waals surface area contributed by atoms with E-state index < -0.39 is 69.0 Å². The summed E-state index contributed by atoms with van der Waals surface area (Å²) in [6, 6.07) is 1.79. The first-order chi connectivity index (χ1) is 13.3. The number of halogens is 5. The minimum absolute atomic E-state index is 0.249. The van der Waals surface area contributed by atoms with E-state index in [2.05, 4.69) is 0 Å². The highest BCUT2D eigenvalue weighted by atomic mass is 32.2. The van der Waals surface area contributed by atoms with Crippen molar-refractivity contribution in [3.05, 3.63) is 64.5 Å². The number of nitrogens with two attached hydrogens (primary N) is 1. The molecule has 0 heterocycles. The van der Waals surface area contributed by atoms with Gasteiger partial charge in [0.2, 0.25) is 15.8 Å². The Morgan fingerprint density at radius 3 is 1.79 bits per heavy atom. The third kappa shape index (κ3) is 4.68. The topological polar surface area (TPSA) is 127 Å². The van der Waals surface area contributed by atoms with Crippen LogP contribution in [0.2, 0.25) is 0 Å². The largest absolute Gasteiger partial charge is 0.480 e. The number of carbonyl (C=O) groups excluding carboxylic acids is 1. The average molecular weight is 438 g/mol. The summed E-state index contributed by atoms with van der Waals surface area (Å²) in [7, 11) is -4.05. The molecule has 0 saturated heterocycles. The van der Waals surface area contributed by atoms with Gasteiger partial charge >= 0.3 is 5.97 Å². The summed E-state index contributed by atoms with van der Waals surface area (Å²) >= 11 is 0. The summed E-state index contributed by atoms with van der Waals surface area (Å²) in [5.41, 5.74) is -1.67. The molecule has 1 amide bonds. The molecule has 0 aliphatic rings. The van der Waals surface area contributed by atoms with Crippen molar-refractivity contribution in [1.29, 1.82) is 0 Å². The third-order valence-corrected chi connectivity index (χ3v) is 4.69. The van der Waals surface area contributed by atoms with E-state index in [1.165, 1.54) is 0 Å². The Morgan fingerprint density at radius 2 is 1.38 bits per heavy atom. The fraction of sp³-hybridized carbons (Fsp3) is 0.125. The Kier molecular flexibility index (Phi) is 6.23. The first-order valence-corrected chi connectivity index (χ1v) is 9.06. The number of hydrogen-bond donors (Lipinski definition) is 3. The van der Waals surface area contributed by atoms with Gasteiger partial charge in [0.05, 0.1) is 4.90 Å². The Hall–Kier alpha value is -3.06. The smallest absolute Gasteiger partial charge is 0.326 e. The summed E-state index contributed by atoms with van der Waals surface area (Å²) < 4.78 is 89.4. The molecule has 0 fully saturated rings. The molecule has 0 spiro atoms. The number of amides is 1. The molecule has 1 unspecified atom stereocenters. The molecule has 4 N–H and O–H groups in total. The number of aliphatic carboxylic acids is 1. The predicted octanol–water partition coefficient (Wildman–Crippen LogP) is 1.46. The van der Waals surface area contributed by atoms with Crippen LogP contribution < -0.4 is 10.5 Å². The van der Waals surface area contributed by atoms with E-state index in [0.717, 1.165) is 24.3 Å². The standard InChI is InChI=1S/C16H11F5N2O5S/c17-10-8(11(18)13(20)14(21)12(10)19)5-9(16(25)26)23-15(24)6-1-3-7(4-2-6)29(22,27)28/h1-4,9H,5H2,(H,23,24)(H,25,26)(H2,22,27,28). The molecule has 2 rings (SSSR count). The molecule has 2 aromatic carbocycles. The lowest BCUT2D eigenvalue weighted by molar-refractivity contribution is -0.139. The Balaban J connectivity index is 2.30. The molecule has 7 nitrogen and oxygen atoms in total. The number of carboxylic acids is 1. The average Bonchev–Trinajstić information content (AvgIpc) is 2.66. The zero-order valence-electron chi connectivity index (χ0n) is 14.0. The van der Waals surface area contributed by atoms with Crippen LogP contribution in [0, 0.1) is 29.1 Å². The number of hydrogen-bond acceptors (Lipinski definition) is 4. The predicted molar refractivity (Wildman–Crippen MR) is 86.6 cm³/mol. The van der Waals surface area contributed by atoms with Gasteiger partial charge in [-0.05, 0) is 24.3 Å². The van der Waals surface area contributed by atoms with E-state index in [1.54, 1.807) is 0 Å². The second kappa shape index (κ2) is 8.13. The Bertz CT molecular complexity index is 1060. The van der Waals surface area contributed by atoms with Gasteiger partial charge in [-0.25, -0.2) is 40.3 Å². The van der Waals surface area contributed by atoms with Crippen LogP contribution in [0.4, 0.5) is 22.0 Å². The zero-order chi connectivity index (χ0) is 22.1. The molecule has 0 aromatic heterocycles. The monoisotopic (exact) mass is 438 g/mol. The maximum atomic E-state index is 13.7. The summed E-state index contributed by atoms with van der Waals surface area (Å²) in [6.07, 6.45) is -1.25. The van der Waals surface area contributed by atoms with Crippen LogP contribution in [0.15, 0.2) is 29.2 Å². The second-order valence-corrected chi connectivity index (χ2v) is 7.25. The Labute approximate surface area is 160 Å². The fourth-order valence-electron chi connectivity index (χ4n) is 2.27. The van der Waals surface area contributed by atoms with Crippen molar-refractivity contribution < 1.29 is 45.1 Å². The van der Waals surface area contributed by atoms with Gasteiger partial charge in [-0.3, -0.25) is 4.79 Å². The van der Waals surface area contributed by atoms with Crippen LogP contribution in [-0.2, 0) is 21.2 Å². The number of primary sulfonamides is 1. The van der Waals surface area contributed by atoms with Crippen molar-refractivity contribution >= 4 is 21.9 Å². The lowest BCUT2D eigenvalue weighted by atomic mass is 10.0. The summed E-state index contributed by atoms with van der Waals surface area (Å²) in [6.45, 7) is 0. The molecule has 29 heavy (non-hydrogen) atoms. The highest BCUT2D eigenvalue weighted by Crippen LogP contribution is 2.24. The minimum Gasteiger partial charge on any atom is -0.480 e. The van der Waals surface area contributed by atoms with Crippen molar-refractivity contribution in [2.75, 3.05) is 0 Å². The van der Waals surface area contributed by atoms with Crippen molar-refractivity contribution in [2.24, 2.45) is 5.14 Å². The molecule has 156 valence electrons. The molecule has 0 radical (unpaired) electrons. The maximum Gasteiger partial charge on any atom is 0.326 e. The van der Waals surface area contributed by atoms with Crippen LogP contribution >= 0.6 is 0 Å². The van der Waals surface area contributed by atoms with Gasteiger partial charge in [-0.1, -0.05) is 0 Å². The fourth-order valence-corrected chi connectivity index (χ4v) is 2.79. The van der Waals surface area contributed by atoms with Crippen molar-refractivity contribution in [3.8, 4) is 0 Å². The van der Waals surface area contributed by atoms with Crippen LogP contribution in [0.5, 0.6) is 0 Å².